The van der Waals surface area contributed by atoms with Gasteiger partial charge in [0.05, 0.1) is 16.6 Å². The molecule has 0 amide bonds. The zero-order valence-corrected chi connectivity index (χ0v) is 11.1. The van der Waals surface area contributed by atoms with Crippen LogP contribution in [-0.4, -0.2) is 21.8 Å². The van der Waals surface area contributed by atoms with E-state index in [0.717, 1.165) is 16.3 Å². The van der Waals surface area contributed by atoms with E-state index in [1.807, 2.05) is 6.07 Å². The lowest BCUT2D eigenvalue weighted by molar-refractivity contribution is -0.136. The lowest BCUT2D eigenvalue weighted by atomic mass is 10.2. The third-order valence-corrected chi connectivity index (χ3v) is 4.55. The number of thiazole rings is 1. The van der Waals surface area contributed by atoms with Crippen LogP contribution in [0.2, 0.25) is 0 Å². The van der Waals surface area contributed by atoms with Gasteiger partial charge in [0.2, 0.25) is 0 Å². The molecule has 0 aliphatic carbocycles. The molecule has 0 bridgehead atoms. The summed E-state index contributed by atoms with van der Waals surface area (Å²) in [6.45, 7) is 2.13. The van der Waals surface area contributed by atoms with Crippen LogP contribution in [0.4, 0.5) is 0 Å². The molecule has 2 aromatic rings. The molecule has 0 atom stereocenters. The Morgan fingerprint density at radius 1 is 1.53 bits per heavy atom. The first-order valence-electron chi connectivity index (χ1n) is 5.43. The molecule has 0 unspecified atom stereocenters. The van der Waals surface area contributed by atoms with E-state index in [1.165, 1.54) is 22.0 Å². The van der Waals surface area contributed by atoms with E-state index in [2.05, 4.69) is 24.0 Å². The summed E-state index contributed by atoms with van der Waals surface area (Å²) in [7, 11) is 0. The Bertz CT molecular complexity index is 536. The Labute approximate surface area is 108 Å². The molecule has 0 saturated carbocycles. The molecule has 0 spiro atoms. The average molecular weight is 267 g/mol. The third kappa shape index (κ3) is 3.20. The van der Waals surface area contributed by atoms with Crippen LogP contribution in [-0.2, 0) is 11.2 Å². The summed E-state index contributed by atoms with van der Waals surface area (Å²) < 4.78 is 2.14. The van der Waals surface area contributed by atoms with Crippen LogP contribution in [0.3, 0.4) is 0 Å². The predicted octanol–water partition coefficient (Wildman–Crippen LogP) is 3.43. The molecule has 17 heavy (non-hydrogen) atoms. The van der Waals surface area contributed by atoms with Crippen LogP contribution >= 0.6 is 23.1 Å². The zero-order valence-electron chi connectivity index (χ0n) is 9.47. The summed E-state index contributed by atoms with van der Waals surface area (Å²) in [6.07, 6.45) is 1.20. The van der Waals surface area contributed by atoms with E-state index in [-0.39, 0.29) is 6.42 Å². The second kappa shape index (κ2) is 5.51. The van der Waals surface area contributed by atoms with Crippen molar-refractivity contribution in [3.63, 3.8) is 0 Å². The first kappa shape index (κ1) is 12.4. The summed E-state index contributed by atoms with van der Waals surface area (Å²) >= 11 is 3.15. The van der Waals surface area contributed by atoms with Crippen molar-refractivity contribution in [3.8, 4) is 0 Å². The smallest absolute Gasteiger partial charge is 0.304 e. The number of fused-ring (bicyclic) bond motifs is 1. The molecular formula is C12H13NO2S2. The molecule has 3 nitrogen and oxygen atoms in total. The number of aliphatic carboxylic acids is 1. The number of thioether (sulfide) groups is 1. The van der Waals surface area contributed by atoms with Crippen molar-refractivity contribution in [2.24, 2.45) is 0 Å². The maximum Gasteiger partial charge on any atom is 0.304 e. The third-order valence-electron chi connectivity index (χ3n) is 2.38. The molecular weight excluding hydrogens is 254 g/mol. The van der Waals surface area contributed by atoms with E-state index in [1.54, 1.807) is 11.3 Å². The summed E-state index contributed by atoms with van der Waals surface area (Å²) in [5, 5.41) is 8.57. The average Bonchev–Trinajstić information content (AvgIpc) is 2.69. The number of rotatable bonds is 5. The summed E-state index contributed by atoms with van der Waals surface area (Å²) in [4.78, 5) is 14.9. The van der Waals surface area contributed by atoms with Gasteiger partial charge in [0.25, 0.3) is 0 Å². The minimum absolute atomic E-state index is 0.181. The number of carbonyl (C=O) groups is 1. The van der Waals surface area contributed by atoms with Gasteiger partial charge in [-0.1, -0.05) is 24.8 Å². The van der Waals surface area contributed by atoms with Crippen molar-refractivity contribution in [2.45, 2.75) is 24.1 Å². The van der Waals surface area contributed by atoms with Crippen molar-refractivity contribution in [3.05, 3.63) is 23.8 Å². The van der Waals surface area contributed by atoms with Crippen molar-refractivity contribution >= 4 is 39.3 Å². The molecule has 5 heteroatoms. The van der Waals surface area contributed by atoms with Crippen molar-refractivity contribution < 1.29 is 9.90 Å². The van der Waals surface area contributed by atoms with Crippen molar-refractivity contribution in [1.29, 1.82) is 0 Å². The zero-order chi connectivity index (χ0) is 12.3. The first-order valence-corrected chi connectivity index (χ1v) is 7.23. The van der Waals surface area contributed by atoms with Gasteiger partial charge in [-0.15, -0.1) is 11.3 Å². The standard InChI is InChI=1S/C12H13NO2S2/c1-2-8-3-4-9-10(7-8)17-12(13-9)16-6-5-11(14)15/h3-4,7H,2,5-6H2,1H3,(H,14,15). The number of nitrogens with zero attached hydrogens (tertiary/aromatic N) is 1. The SMILES string of the molecule is CCc1ccc2nc(SCCC(=O)O)sc2c1. The van der Waals surface area contributed by atoms with E-state index in [4.69, 9.17) is 5.11 Å². The maximum absolute atomic E-state index is 10.4. The Morgan fingerprint density at radius 2 is 2.35 bits per heavy atom. The van der Waals surface area contributed by atoms with Gasteiger partial charge in [-0.25, -0.2) is 4.98 Å². The highest BCUT2D eigenvalue weighted by atomic mass is 32.2. The summed E-state index contributed by atoms with van der Waals surface area (Å²) in [5.41, 5.74) is 2.31. The van der Waals surface area contributed by atoms with Crippen molar-refractivity contribution in [2.75, 3.05) is 5.75 Å². The van der Waals surface area contributed by atoms with Gasteiger partial charge in [0.15, 0.2) is 4.34 Å². The molecule has 0 saturated heterocycles. The van der Waals surface area contributed by atoms with Gasteiger partial charge in [0.1, 0.15) is 0 Å². The normalized spacial score (nSPS) is 10.9. The molecule has 0 aliphatic heterocycles. The molecule has 0 aliphatic rings. The van der Waals surface area contributed by atoms with Crippen LogP contribution in [0.1, 0.15) is 18.9 Å². The predicted molar refractivity (Wildman–Crippen MR) is 72.0 cm³/mol. The monoisotopic (exact) mass is 267 g/mol. The summed E-state index contributed by atoms with van der Waals surface area (Å²) in [6, 6.07) is 6.29. The molecule has 1 N–H and O–H groups in total. The molecule has 90 valence electrons. The minimum Gasteiger partial charge on any atom is -0.481 e. The lowest BCUT2D eigenvalue weighted by Crippen LogP contribution is -1.95. The van der Waals surface area contributed by atoms with Crippen LogP contribution in [0.5, 0.6) is 0 Å². The largest absolute Gasteiger partial charge is 0.481 e. The van der Waals surface area contributed by atoms with E-state index < -0.39 is 5.97 Å². The Hall–Kier alpha value is -1.07. The molecule has 2 rings (SSSR count). The van der Waals surface area contributed by atoms with Gasteiger partial charge in [-0.3, -0.25) is 4.79 Å². The topological polar surface area (TPSA) is 50.2 Å². The van der Waals surface area contributed by atoms with Crippen LogP contribution in [0.25, 0.3) is 10.2 Å². The highest BCUT2D eigenvalue weighted by molar-refractivity contribution is 8.01. The highest BCUT2D eigenvalue weighted by Gasteiger charge is 2.06. The Kier molecular flexibility index (Phi) is 4.02. The minimum atomic E-state index is -0.758. The number of benzene rings is 1. The fraction of sp³-hybridized carbons (Fsp3) is 0.333. The quantitative estimate of drug-likeness (QED) is 0.843. The number of carboxylic acid groups (broad SMARTS) is 1. The fourth-order valence-corrected chi connectivity index (χ4v) is 3.59. The second-order valence-electron chi connectivity index (χ2n) is 3.63. The number of aromatic nitrogens is 1. The van der Waals surface area contributed by atoms with Crippen LogP contribution in [0, 0.1) is 0 Å². The van der Waals surface area contributed by atoms with E-state index in [0.29, 0.717) is 5.75 Å². The molecule has 1 heterocycles. The van der Waals surface area contributed by atoms with Gasteiger partial charge in [-0.05, 0) is 24.1 Å². The van der Waals surface area contributed by atoms with Gasteiger partial charge >= 0.3 is 5.97 Å². The van der Waals surface area contributed by atoms with Crippen LogP contribution < -0.4 is 0 Å². The Morgan fingerprint density at radius 3 is 3.06 bits per heavy atom. The molecule has 0 radical (unpaired) electrons. The van der Waals surface area contributed by atoms with Gasteiger partial charge < -0.3 is 5.11 Å². The number of hydrogen-bond donors (Lipinski definition) is 1. The molecule has 0 fully saturated rings. The maximum atomic E-state index is 10.4. The van der Waals surface area contributed by atoms with Gasteiger partial charge in [-0.2, -0.15) is 0 Å². The second-order valence-corrected chi connectivity index (χ2v) is 6.00. The molecule has 1 aromatic heterocycles. The molecule has 1 aromatic carbocycles. The Balaban J connectivity index is 2.11. The van der Waals surface area contributed by atoms with E-state index >= 15 is 0 Å². The van der Waals surface area contributed by atoms with Gasteiger partial charge in [0, 0.05) is 5.75 Å². The first-order chi connectivity index (χ1) is 8.19. The van der Waals surface area contributed by atoms with Crippen molar-refractivity contribution in [1.82, 2.24) is 4.98 Å². The lowest BCUT2D eigenvalue weighted by Gasteiger charge is -1.93. The fourth-order valence-electron chi connectivity index (χ4n) is 1.46. The number of hydrogen-bond acceptors (Lipinski definition) is 4. The van der Waals surface area contributed by atoms with E-state index in [9.17, 15) is 4.79 Å². The summed E-state index contributed by atoms with van der Waals surface area (Å²) in [5.74, 6) is -0.178. The highest BCUT2D eigenvalue weighted by Crippen LogP contribution is 2.30. The number of carboxylic acids is 1. The number of aryl methyl sites for hydroxylation is 1. The van der Waals surface area contributed by atoms with Crippen LogP contribution in [0.15, 0.2) is 22.5 Å².